The molecule has 41 heavy (non-hydrogen) atoms. The number of benzene rings is 4. The molecule has 0 fully saturated rings. The van der Waals surface area contributed by atoms with E-state index in [1.807, 2.05) is 25.1 Å². The lowest BCUT2D eigenvalue weighted by molar-refractivity contribution is -0.119. The minimum Gasteiger partial charge on any atom is -0.507 e. The molecule has 4 rings (SSSR count). The van der Waals surface area contributed by atoms with Crippen molar-refractivity contribution < 1.29 is 32.2 Å². The minimum absolute atomic E-state index is 0.0211. The van der Waals surface area contributed by atoms with Crippen LogP contribution in [0.4, 0.5) is 4.39 Å². The number of phenolic OH excluding ortho intramolecular Hbond substituents is 1. The van der Waals surface area contributed by atoms with Crippen molar-refractivity contribution in [2.75, 3.05) is 13.2 Å². The number of nitrogens with one attached hydrogen (secondary N) is 1. The number of carbonyl (C=O) groups excluding carboxylic acids is 1. The van der Waals surface area contributed by atoms with Crippen LogP contribution in [-0.2, 0) is 27.7 Å². The number of aryl methyl sites for hydroxylation is 1. The molecule has 0 aliphatic carbocycles. The first-order valence-corrected chi connectivity index (χ1v) is 14.8. The third-order valence-electron chi connectivity index (χ3n) is 6.45. The Kier molecular flexibility index (Phi) is 9.97. The SMILES string of the molecule is CCc1c(OCCCOc2ccccc2CCC(=O)NS(=O)(=O)c2ccccc2)ccc(-c2ccc(F)cc2)c1O. The van der Waals surface area contributed by atoms with E-state index in [9.17, 15) is 22.7 Å². The van der Waals surface area contributed by atoms with Crippen molar-refractivity contribution in [2.45, 2.75) is 37.5 Å². The highest BCUT2D eigenvalue weighted by atomic mass is 32.2. The fraction of sp³-hybridized carbons (Fsp3) is 0.219. The van der Waals surface area contributed by atoms with Gasteiger partial charge in [0.1, 0.15) is 23.1 Å². The lowest BCUT2D eigenvalue weighted by Gasteiger charge is -2.16. The fourth-order valence-electron chi connectivity index (χ4n) is 4.34. The number of hydrogen-bond donors (Lipinski definition) is 2. The Labute approximate surface area is 239 Å². The quantitative estimate of drug-likeness (QED) is 0.188. The molecule has 1 amide bonds. The molecule has 0 radical (unpaired) electrons. The molecule has 0 aliphatic rings. The van der Waals surface area contributed by atoms with Gasteiger partial charge in [-0.05, 0) is 66.4 Å². The number of sulfonamides is 1. The molecule has 0 saturated heterocycles. The van der Waals surface area contributed by atoms with Gasteiger partial charge in [0.05, 0.1) is 18.1 Å². The summed E-state index contributed by atoms with van der Waals surface area (Å²) in [6, 6.07) is 24.6. The van der Waals surface area contributed by atoms with E-state index in [0.29, 0.717) is 60.7 Å². The van der Waals surface area contributed by atoms with Crippen molar-refractivity contribution >= 4 is 15.9 Å². The number of phenols is 1. The molecule has 2 N–H and O–H groups in total. The second kappa shape index (κ2) is 13.8. The van der Waals surface area contributed by atoms with Gasteiger partial charge in [0.2, 0.25) is 5.91 Å². The Morgan fingerprint density at radius 3 is 2.22 bits per heavy atom. The van der Waals surface area contributed by atoms with Crippen LogP contribution in [0.15, 0.2) is 95.9 Å². The molecule has 214 valence electrons. The molecule has 7 nitrogen and oxygen atoms in total. The highest BCUT2D eigenvalue weighted by Crippen LogP contribution is 2.38. The summed E-state index contributed by atoms with van der Waals surface area (Å²) in [5.74, 6) is 0.364. The molecule has 0 aliphatic heterocycles. The Bertz CT molecular complexity index is 1570. The first-order chi connectivity index (χ1) is 19.8. The maximum Gasteiger partial charge on any atom is 0.264 e. The summed E-state index contributed by atoms with van der Waals surface area (Å²) in [5, 5.41) is 10.8. The summed E-state index contributed by atoms with van der Waals surface area (Å²) in [6.07, 6.45) is 1.41. The molecule has 4 aromatic carbocycles. The fourth-order valence-corrected chi connectivity index (χ4v) is 5.37. The topological polar surface area (TPSA) is 102 Å². The second-order valence-electron chi connectivity index (χ2n) is 9.30. The lowest BCUT2D eigenvalue weighted by Crippen LogP contribution is -2.30. The summed E-state index contributed by atoms with van der Waals surface area (Å²) >= 11 is 0. The maximum absolute atomic E-state index is 13.3. The Hall–Kier alpha value is -4.37. The van der Waals surface area contributed by atoms with Crippen molar-refractivity contribution in [3.63, 3.8) is 0 Å². The number of hydrogen-bond acceptors (Lipinski definition) is 6. The first-order valence-electron chi connectivity index (χ1n) is 13.3. The number of aromatic hydroxyl groups is 1. The van der Waals surface area contributed by atoms with Gasteiger partial charge in [-0.1, -0.05) is 55.5 Å². The van der Waals surface area contributed by atoms with Crippen LogP contribution in [-0.4, -0.2) is 32.6 Å². The van der Waals surface area contributed by atoms with E-state index in [1.165, 1.54) is 24.3 Å². The smallest absolute Gasteiger partial charge is 0.264 e. The third kappa shape index (κ3) is 7.85. The monoisotopic (exact) mass is 577 g/mol. The zero-order valence-electron chi connectivity index (χ0n) is 22.7. The average molecular weight is 578 g/mol. The lowest BCUT2D eigenvalue weighted by atomic mass is 9.99. The van der Waals surface area contributed by atoms with Gasteiger partial charge in [0, 0.05) is 24.0 Å². The van der Waals surface area contributed by atoms with Crippen molar-refractivity contribution in [3.05, 3.63) is 108 Å². The number of rotatable bonds is 13. The molecule has 0 atom stereocenters. The van der Waals surface area contributed by atoms with Crippen molar-refractivity contribution in [1.29, 1.82) is 0 Å². The molecule has 0 heterocycles. The molecular weight excluding hydrogens is 545 g/mol. The van der Waals surface area contributed by atoms with Crippen LogP contribution in [0.25, 0.3) is 11.1 Å². The van der Waals surface area contributed by atoms with Gasteiger partial charge in [-0.3, -0.25) is 4.79 Å². The summed E-state index contributed by atoms with van der Waals surface area (Å²) in [6.45, 7) is 2.63. The Balaban J connectivity index is 1.28. The largest absolute Gasteiger partial charge is 0.507 e. The van der Waals surface area contributed by atoms with Gasteiger partial charge in [-0.15, -0.1) is 0 Å². The van der Waals surface area contributed by atoms with Crippen molar-refractivity contribution in [2.24, 2.45) is 0 Å². The van der Waals surface area contributed by atoms with E-state index in [-0.39, 0.29) is 22.9 Å². The van der Waals surface area contributed by atoms with Crippen LogP contribution in [0, 0.1) is 5.82 Å². The van der Waals surface area contributed by atoms with E-state index in [0.717, 1.165) is 5.56 Å². The van der Waals surface area contributed by atoms with Crippen molar-refractivity contribution in [1.82, 2.24) is 4.72 Å². The van der Waals surface area contributed by atoms with Gasteiger partial charge in [-0.2, -0.15) is 0 Å². The van der Waals surface area contributed by atoms with Crippen LogP contribution < -0.4 is 14.2 Å². The number of ether oxygens (including phenoxy) is 2. The van der Waals surface area contributed by atoms with Gasteiger partial charge in [-0.25, -0.2) is 17.5 Å². The molecule has 0 bridgehead atoms. The molecule has 0 unspecified atom stereocenters. The van der Waals surface area contributed by atoms with Crippen LogP contribution in [0.3, 0.4) is 0 Å². The normalized spacial score (nSPS) is 11.2. The van der Waals surface area contributed by atoms with Gasteiger partial charge >= 0.3 is 0 Å². The van der Waals surface area contributed by atoms with Crippen LogP contribution in [0.2, 0.25) is 0 Å². The van der Waals surface area contributed by atoms with Crippen LogP contribution in [0.1, 0.15) is 30.9 Å². The Morgan fingerprint density at radius 1 is 0.854 bits per heavy atom. The highest BCUT2D eigenvalue weighted by Gasteiger charge is 2.18. The predicted molar refractivity (Wildman–Crippen MR) is 155 cm³/mol. The van der Waals surface area contributed by atoms with Crippen LogP contribution in [0.5, 0.6) is 17.2 Å². The van der Waals surface area contributed by atoms with Gasteiger partial charge in [0.25, 0.3) is 10.0 Å². The number of halogens is 1. The zero-order chi connectivity index (χ0) is 29.2. The molecular formula is C32H32FNO6S. The van der Waals surface area contributed by atoms with E-state index < -0.39 is 15.9 Å². The summed E-state index contributed by atoms with van der Waals surface area (Å²) in [7, 11) is -3.92. The average Bonchev–Trinajstić information content (AvgIpc) is 2.97. The summed E-state index contributed by atoms with van der Waals surface area (Å²) in [5.41, 5.74) is 2.79. The highest BCUT2D eigenvalue weighted by molar-refractivity contribution is 7.90. The van der Waals surface area contributed by atoms with Gasteiger partial charge < -0.3 is 14.6 Å². The number of carbonyl (C=O) groups is 1. The predicted octanol–water partition coefficient (Wildman–Crippen LogP) is 6.05. The second-order valence-corrected chi connectivity index (χ2v) is 11.0. The third-order valence-corrected chi connectivity index (χ3v) is 7.84. The minimum atomic E-state index is -3.92. The van der Waals surface area contributed by atoms with Crippen molar-refractivity contribution in [3.8, 4) is 28.4 Å². The van der Waals surface area contributed by atoms with E-state index >= 15 is 0 Å². The van der Waals surface area contributed by atoms with E-state index in [1.54, 1.807) is 48.5 Å². The van der Waals surface area contributed by atoms with Crippen LogP contribution >= 0.6 is 0 Å². The molecule has 9 heteroatoms. The molecule has 0 aromatic heterocycles. The summed E-state index contributed by atoms with van der Waals surface area (Å²) < 4.78 is 52.0. The van der Waals surface area contributed by atoms with Gasteiger partial charge in [0.15, 0.2) is 0 Å². The van der Waals surface area contributed by atoms with E-state index in [2.05, 4.69) is 4.72 Å². The first kappa shape index (κ1) is 29.6. The van der Waals surface area contributed by atoms with E-state index in [4.69, 9.17) is 9.47 Å². The number of amides is 1. The zero-order valence-corrected chi connectivity index (χ0v) is 23.5. The summed E-state index contributed by atoms with van der Waals surface area (Å²) in [4.78, 5) is 12.4. The molecule has 4 aromatic rings. The Morgan fingerprint density at radius 2 is 1.51 bits per heavy atom. The maximum atomic E-state index is 13.3. The molecule has 0 spiro atoms. The standard InChI is InChI=1S/C32H32FNO6S/c1-2-27-30(19-18-28(32(27)36)23-13-16-25(33)17-14-23)40-22-8-21-39-29-12-7-6-9-24(29)15-20-31(35)34-41(37,38)26-10-4-3-5-11-26/h3-7,9-14,16-19,36H,2,8,15,20-22H2,1H3,(H,34,35). The number of para-hydroxylation sites is 1. The molecule has 0 saturated carbocycles.